The average molecular weight is 731 g/mol. The van der Waals surface area contributed by atoms with Gasteiger partial charge in [-0.3, -0.25) is 9.78 Å². The molecule has 280 valence electrons. The van der Waals surface area contributed by atoms with E-state index >= 15 is 0 Å². The fourth-order valence-electron chi connectivity index (χ4n) is 7.12. The third-order valence-corrected chi connectivity index (χ3v) is 9.87. The lowest BCUT2D eigenvalue weighted by atomic mass is 9.90. The number of ether oxygens (including phenoxy) is 3. The molecule has 1 unspecified atom stereocenters. The van der Waals surface area contributed by atoms with Gasteiger partial charge in [0.2, 0.25) is 11.7 Å². The normalized spacial score (nSPS) is 14.5. The number of anilines is 1. The number of hydrogen-bond donors (Lipinski definition) is 1. The standard InChI is InChI=1S/C40H45F3N6O4/c1-47(38(50)28-23-35(51-2)37(53-4)36(24-28)52-3)25-27(31-12-5-6-13-32(31)40(41,42)43)16-20-48-21-17-29(18-22-48)45-39-46-33-14-7-8-15-34(33)49(39)26-30-11-9-10-19-44-30/h5-15,19,23-24,27,29H,16-18,20-22,25-26H2,1-4H3,(H,45,46). The van der Waals surface area contributed by atoms with E-state index in [1.807, 2.05) is 36.4 Å². The van der Waals surface area contributed by atoms with Crippen LogP contribution in [0.25, 0.3) is 11.0 Å². The fraction of sp³-hybridized carbons (Fsp3) is 0.375. The summed E-state index contributed by atoms with van der Waals surface area (Å²) in [5, 5.41) is 3.67. The highest BCUT2D eigenvalue weighted by atomic mass is 19.4. The second-order valence-corrected chi connectivity index (χ2v) is 13.3. The van der Waals surface area contributed by atoms with Crippen LogP contribution in [0.1, 0.15) is 52.4 Å². The van der Waals surface area contributed by atoms with Crippen molar-refractivity contribution in [3.63, 3.8) is 0 Å². The molecule has 0 saturated carbocycles. The number of alkyl halides is 3. The van der Waals surface area contributed by atoms with Crippen molar-refractivity contribution < 1.29 is 32.2 Å². The van der Waals surface area contributed by atoms with Crippen molar-refractivity contribution in [2.45, 2.75) is 43.9 Å². The Hall–Kier alpha value is -5.30. The summed E-state index contributed by atoms with van der Waals surface area (Å²) in [5.74, 6) is 0.801. The number of rotatable bonds is 14. The molecule has 1 saturated heterocycles. The highest BCUT2D eigenvalue weighted by Gasteiger charge is 2.36. The third-order valence-electron chi connectivity index (χ3n) is 9.87. The van der Waals surface area contributed by atoms with Crippen molar-refractivity contribution in [2.75, 3.05) is 59.9 Å². The number of methoxy groups -OCH3 is 3. The Labute approximate surface area is 307 Å². The lowest BCUT2D eigenvalue weighted by Gasteiger charge is -2.34. The molecular weight excluding hydrogens is 685 g/mol. The number of aromatic nitrogens is 3. The van der Waals surface area contributed by atoms with Crippen molar-refractivity contribution in [3.05, 3.63) is 107 Å². The van der Waals surface area contributed by atoms with E-state index in [0.29, 0.717) is 36.8 Å². The van der Waals surface area contributed by atoms with E-state index in [2.05, 4.69) is 25.8 Å². The molecule has 0 bridgehead atoms. The van der Waals surface area contributed by atoms with E-state index < -0.39 is 17.7 Å². The van der Waals surface area contributed by atoms with Crippen molar-refractivity contribution in [2.24, 2.45) is 0 Å². The molecule has 5 aromatic rings. The Morgan fingerprint density at radius 3 is 2.28 bits per heavy atom. The van der Waals surface area contributed by atoms with Gasteiger partial charge in [0.25, 0.3) is 5.91 Å². The van der Waals surface area contributed by atoms with Gasteiger partial charge in [0.1, 0.15) is 0 Å². The lowest BCUT2D eigenvalue weighted by Crippen LogP contribution is -2.41. The zero-order valence-corrected chi connectivity index (χ0v) is 30.4. The molecule has 13 heteroatoms. The first kappa shape index (κ1) is 37.5. The van der Waals surface area contributed by atoms with E-state index in [4.69, 9.17) is 19.2 Å². The van der Waals surface area contributed by atoms with Gasteiger partial charge in [0.15, 0.2) is 11.5 Å². The molecular formula is C40H45F3N6O4. The molecule has 3 heterocycles. The molecule has 6 rings (SSSR count). The number of pyridine rings is 1. The monoisotopic (exact) mass is 730 g/mol. The van der Waals surface area contributed by atoms with Crippen molar-refractivity contribution in [1.82, 2.24) is 24.3 Å². The van der Waals surface area contributed by atoms with Gasteiger partial charge in [0.05, 0.1) is 50.2 Å². The first-order valence-corrected chi connectivity index (χ1v) is 17.6. The molecule has 1 aliphatic rings. The van der Waals surface area contributed by atoms with Crippen LogP contribution in [0.4, 0.5) is 19.1 Å². The number of carbonyl (C=O) groups excluding carboxylic acids is 1. The number of benzene rings is 3. The van der Waals surface area contributed by atoms with Gasteiger partial charge in [0, 0.05) is 50.4 Å². The SMILES string of the molecule is COc1cc(C(=O)N(C)CC(CCN2CCC(Nc3nc4ccccc4n3Cc3ccccn3)CC2)c2ccccc2C(F)(F)F)cc(OC)c1OC. The number of fused-ring (bicyclic) bond motifs is 1. The smallest absolute Gasteiger partial charge is 0.416 e. The molecule has 1 aliphatic heterocycles. The molecule has 10 nitrogen and oxygen atoms in total. The van der Waals surface area contributed by atoms with Gasteiger partial charge >= 0.3 is 6.18 Å². The summed E-state index contributed by atoms with van der Waals surface area (Å²) >= 11 is 0. The minimum Gasteiger partial charge on any atom is -0.493 e. The predicted octanol–water partition coefficient (Wildman–Crippen LogP) is 7.35. The molecule has 0 aliphatic carbocycles. The highest BCUT2D eigenvalue weighted by molar-refractivity contribution is 5.95. The van der Waals surface area contributed by atoms with E-state index in [0.717, 1.165) is 54.7 Å². The molecule has 0 spiro atoms. The number of imidazole rings is 1. The van der Waals surface area contributed by atoms with Crippen LogP contribution >= 0.6 is 0 Å². The Kier molecular flexibility index (Phi) is 11.7. The van der Waals surface area contributed by atoms with Crippen LogP contribution in [-0.2, 0) is 12.7 Å². The molecule has 1 atom stereocenters. The fourth-order valence-corrected chi connectivity index (χ4v) is 7.12. The second kappa shape index (κ2) is 16.6. The van der Waals surface area contributed by atoms with Gasteiger partial charge in [-0.25, -0.2) is 4.98 Å². The summed E-state index contributed by atoms with van der Waals surface area (Å²) in [6.45, 7) is 2.78. The van der Waals surface area contributed by atoms with Crippen LogP contribution in [0, 0.1) is 0 Å². The Morgan fingerprint density at radius 1 is 0.943 bits per heavy atom. The van der Waals surface area contributed by atoms with E-state index in [9.17, 15) is 18.0 Å². The summed E-state index contributed by atoms with van der Waals surface area (Å²) < 4.78 is 61.3. The van der Waals surface area contributed by atoms with Crippen LogP contribution in [-0.4, -0.2) is 90.8 Å². The number of para-hydroxylation sites is 2. The highest BCUT2D eigenvalue weighted by Crippen LogP contribution is 2.40. The molecule has 0 radical (unpaired) electrons. The topological polar surface area (TPSA) is 94.0 Å². The molecule has 2 aromatic heterocycles. The number of carbonyl (C=O) groups is 1. The maximum absolute atomic E-state index is 14.3. The number of halogens is 3. The van der Waals surface area contributed by atoms with Crippen molar-refractivity contribution in [1.29, 1.82) is 0 Å². The average Bonchev–Trinajstić information content (AvgIpc) is 3.51. The van der Waals surface area contributed by atoms with Gasteiger partial charge in [-0.05, 0) is 73.8 Å². The van der Waals surface area contributed by atoms with E-state index in [1.165, 1.54) is 38.4 Å². The predicted molar refractivity (Wildman–Crippen MR) is 198 cm³/mol. The molecule has 1 fully saturated rings. The van der Waals surface area contributed by atoms with Crippen LogP contribution in [0.5, 0.6) is 17.2 Å². The number of hydrogen-bond acceptors (Lipinski definition) is 8. The van der Waals surface area contributed by atoms with Gasteiger partial charge in [-0.1, -0.05) is 36.4 Å². The number of nitrogens with one attached hydrogen (secondary N) is 1. The van der Waals surface area contributed by atoms with Crippen LogP contribution in [0.2, 0.25) is 0 Å². The van der Waals surface area contributed by atoms with Crippen molar-refractivity contribution in [3.8, 4) is 17.2 Å². The molecule has 1 amide bonds. The third kappa shape index (κ3) is 8.68. The quantitative estimate of drug-likeness (QED) is 0.127. The number of nitrogens with zero attached hydrogens (tertiary/aromatic N) is 5. The first-order chi connectivity index (χ1) is 25.6. The summed E-state index contributed by atoms with van der Waals surface area (Å²) in [7, 11) is 5.99. The van der Waals surface area contributed by atoms with Crippen molar-refractivity contribution >= 4 is 22.9 Å². The minimum absolute atomic E-state index is 0.0765. The summed E-state index contributed by atoms with van der Waals surface area (Å²) in [6, 6.07) is 22.8. The number of likely N-dealkylation sites (N-methyl/N-ethyl adjacent to an activating group) is 1. The number of likely N-dealkylation sites (tertiary alicyclic amines) is 1. The van der Waals surface area contributed by atoms with E-state index in [-0.39, 0.29) is 29.6 Å². The molecule has 53 heavy (non-hydrogen) atoms. The summed E-state index contributed by atoms with van der Waals surface area (Å²) in [4.78, 5) is 26.9. The first-order valence-electron chi connectivity index (χ1n) is 17.6. The van der Waals surface area contributed by atoms with E-state index in [1.54, 1.807) is 31.4 Å². The number of amides is 1. The van der Waals surface area contributed by atoms with Gasteiger partial charge < -0.3 is 33.9 Å². The van der Waals surface area contributed by atoms with Gasteiger partial charge in [-0.15, -0.1) is 0 Å². The maximum atomic E-state index is 14.3. The van der Waals surface area contributed by atoms with Crippen LogP contribution in [0.15, 0.2) is 85.1 Å². The Balaban J connectivity index is 1.15. The number of piperidine rings is 1. The van der Waals surface area contributed by atoms with Crippen LogP contribution in [0.3, 0.4) is 0 Å². The second-order valence-electron chi connectivity index (χ2n) is 13.3. The minimum atomic E-state index is -4.54. The maximum Gasteiger partial charge on any atom is 0.416 e. The zero-order chi connectivity index (χ0) is 37.5. The summed E-state index contributed by atoms with van der Waals surface area (Å²) in [5.41, 5.74) is 2.63. The lowest BCUT2D eigenvalue weighted by molar-refractivity contribution is -0.138. The summed E-state index contributed by atoms with van der Waals surface area (Å²) in [6.07, 6.45) is -0.634. The zero-order valence-electron chi connectivity index (χ0n) is 30.4. The Morgan fingerprint density at radius 2 is 1.62 bits per heavy atom. The largest absolute Gasteiger partial charge is 0.493 e. The van der Waals surface area contributed by atoms with Gasteiger partial charge in [-0.2, -0.15) is 13.2 Å². The molecule has 1 N–H and O–H groups in total. The Bertz CT molecular complexity index is 1970. The van der Waals surface area contributed by atoms with Crippen LogP contribution < -0.4 is 19.5 Å². The molecule has 3 aromatic carbocycles.